The minimum atomic E-state index is -0.0629. The van der Waals surface area contributed by atoms with E-state index in [9.17, 15) is 4.79 Å². The molecule has 6 heteroatoms. The molecule has 1 aromatic carbocycles. The van der Waals surface area contributed by atoms with E-state index in [-0.39, 0.29) is 11.9 Å². The number of nitrogens with one attached hydrogen (secondary N) is 1. The molecule has 6 nitrogen and oxygen atoms in total. The molecule has 0 spiro atoms. The van der Waals surface area contributed by atoms with Crippen LogP contribution in [0.1, 0.15) is 60.0 Å². The molecule has 146 valence electrons. The van der Waals surface area contributed by atoms with Crippen LogP contribution in [-0.2, 0) is 11.3 Å². The zero-order chi connectivity index (χ0) is 19.2. The quantitative estimate of drug-likeness (QED) is 0.759. The lowest BCUT2D eigenvalue weighted by Gasteiger charge is -2.16. The number of aromatic nitrogens is 1. The van der Waals surface area contributed by atoms with Gasteiger partial charge in [-0.05, 0) is 70.7 Å². The monoisotopic (exact) mass is 372 g/mol. The summed E-state index contributed by atoms with van der Waals surface area (Å²) in [6.45, 7) is 7.06. The van der Waals surface area contributed by atoms with E-state index in [1.54, 1.807) is 12.1 Å². The Kier molecular flexibility index (Phi) is 6.50. The van der Waals surface area contributed by atoms with Gasteiger partial charge in [-0.25, -0.2) is 0 Å². The van der Waals surface area contributed by atoms with Crippen LogP contribution in [0.5, 0.6) is 5.75 Å². The van der Waals surface area contributed by atoms with Gasteiger partial charge >= 0.3 is 0 Å². The standard InChI is InChI=1S/C21H28N2O4/c1-14(6-9-18-5-4-12-25-18)22-21(24)17-7-10-19(11-8-17)26-13-20-15(2)23-27-16(20)3/h7-8,10-11,14,18H,4-6,9,12-13H2,1-3H3,(H,22,24). The summed E-state index contributed by atoms with van der Waals surface area (Å²) in [5, 5.41) is 6.97. The van der Waals surface area contributed by atoms with Crippen molar-refractivity contribution < 1.29 is 18.8 Å². The molecule has 27 heavy (non-hydrogen) atoms. The van der Waals surface area contributed by atoms with Crippen molar-refractivity contribution in [2.75, 3.05) is 6.61 Å². The van der Waals surface area contributed by atoms with Gasteiger partial charge in [0.15, 0.2) is 0 Å². The highest BCUT2D eigenvalue weighted by Gasteiger charge is 2.17. The van der Waals surface area contributed by atoms with E-state index in [0.29, 0.717) is 24.0 Å². The number of amides is 1. The molecular weight excluding hydrogens is 344 g/mol. The Hall–Kier alpha value is -2.34. The summed E-state index contributed by atoms with van der Waals surface area (Å²) in [4.78, 5) is 12.4. The fourth-order valence-electron chi connectivity index (χ4n) is 3.25. The van der Waals surface area contributed by atoms with Gasteiger partial charge in [-0.15, -0.1) is 0 Å². The molecule has 0 bridgehead atoms. The molecule has 1 aliphatic heterocycles. The van der Waals surface area contributed by atoms with Crippen molar-refractivity contribution in [3.8, 4) is 5.75 Å². The van der Waals surface area contributed by atoms with Gasteiger partial charge < -0.3 is 19.3 Å². The summed E-state index contributed by atoms with van der Waals surface area (Å²) in [7, 11) is 0. The van der Waals surface area contributed by atoms with E-state index in [4.69, 9.17) is 14.0 Å². The molecule has 1 saturated heterocycles. The van der Waals surface area contributed by atoms with Crippen molar-refractivity contribution in [1.29, 1.82) is 0 Å². The Morgan fingerprint density at radius 2 is 2.11 bits per heavy atom. The second-order valence-corrected chi connectivity index (χ2v) is 7.20. The summed E-state index contributed by atoms with van der Waals surface area (Å²) >= 11 is 0. The fourth-order valence-corrected chi connectivity index (χ4v) is 3.25. The average molecular weight is 372 g/mol. The lowest BCUT2D eigenvalue weighted by atomic mass is 10.1. The maximum Gasteiger partial charge on any atom is 0.251 e. The first-order valence-corrected chi connectivity index (χ1v) is 9.60. The van der Waals surface area contributed by atoms with Crippen molar-refractivity contribution >= 4 is 5.91 Å². The molecule has 2 atom stereocenters. The molecule has 1 aromatic heterocycles. The van der Waals surface area contributed by atoms with Crippen LogP contribution in [0.15, 0.2) is 28.8 Å². The zero-order valence-electron chi connectivity index (χ0n) is 16.3. The van der Waals surface area contributed by atoms with Crippen LogP contribution >= 0.6 is 0 Å². The third-order valence-corrected chi connectivity index (χ3v) is 5.00. The lowest BCUT2D eigenvalue weighted by Crippen LogP contribution is -2.33. The predicted molar refractivity (Wildman–Crippen MR) is 102 cm³/mol. The molecule has 2 aromatic rings. The number of carbonyl (C=O) groups excluding carboxylic acids is 1. The number of aryl methyl sites for hydroxylation is 2. The van der Waals surface area contributed by atoms with Gasteiger partial charge in [-0.2, -0.15) is 0 Å². The molecule has 1 amide bonds. The van der Waals surface area contributed by atoms with Gasteiger partial charge in [-0.1, -0.05) is 5.16 Å². The molecule has 0 saturated carbocycles. The minimum absolute atomic E-state index is 0.0629. The van der Waals surface area contributed by atoms with Gasteiger partial charge in [0.05, 0.1) is 17.4 Å². The molecule has 3 rings (SSSR count). The number of hydrogen-bond donors (Lipinski definition) is 1. The summed E-state index contributed by atoms with van der Waals surface area (Å²) in [5.41, 5.74) is 2.42. The van der Waals surface area contributed by atoms with Crippen LogP contribution in [0, 0.1) is 13.8 Å². The highest BCUT2D eigenvalue weighted by molar-refractivity contribution is 5.94. The summed E-state index contributed by atoms with van der Waals surface area (Å²) in [5.74, 6) is 1.41. The molecule has 1 fully saturated rings. The van der Waals surface area contributed by atoms with Crippen LogP contribution in [0.3, 0.4) is 0 Å². The lowest BCUT2D eigenvalue weighted by molar-refractivity contribution is 0.0899. The molecule has 2 heterocycles. The molecule has 1 N–H and O–H groups in total. The first kappa shape index (κ1) is 19.4. The second-order valence-electron chi connectivity index (χ2n) is 7.20. The number of hydrogen-bond acceptors (Lipinski definition) is 5. The normalized spacial score (nSPS) is 17.7. The van der Waals surface area contributed by atoms with E-state index in [2.05, 4.69) is 10.5 Å². The van der Waals surface area contributed by atoms with Crippen LogP contribution in [0.2, 0.25) is 0 Å². The maximum absolute atomic E-state index is 12.4. The first-order chi connectivity index (χ1) is 13.0. The molecule has 0 aliphatic carbocycles. The van der Waals surface area contributed by atoms with E-state index < -0.39 is 0 Å². The van der Waals surface area contributed by atoms with Gasteiger partial charge in [0.1, 0.15) is 18.1 Å². The Labute approximate surface area is 160 Å². The molecule has 1 aliphatic rings. The van der Waals surface area contributed by atoms with Crippen molar-refractivity contribution in [2.24, 2.45) is 0 Å². The van der Waals surface area contributed by atoms with Crippen molar-refractivity contribution in [2.45, 2.75) is 65.2 Å². The van der Waals surface area contributed by atoms with Crippen LogP contribution in [0.25, 0.3) is 0 Å². The topological polar surface area (TPSA) is 73.6 Å². The highest BCUT2D eigenvalue weighted by Crippen LogP contribution is 2.19. The smallest absolute Gasteiger partial charge is 0.251 e. The number of carbonyl (C=O) groups is 1. The average Bonchev–Trinajstić information content (AvgIpc) is 3.29. The van der Waals surface area contributed by atoms with E-state index in [1.165, 1.54) is 0 Å². The largest absolute Gasteiger partial charge is 0.489 e. The number of rotatable bonds is 8. The van der Waals surface area contributed by atoms with Crippen LogP contribution in [-0.4, -0.2) is 29.8 Å². The van der Waals surface area contributed by atoms with E-state index in [0.717, 1.165) is 49.3 Å². The Morgan fingerprint density at radius 1 is 1.33 bits per heavy atom. The third kappa shape index (κ3) is 5.32. The van der Waals surface area contributed by atoms with Crippen molar-refractivity contribution in [1.82, 2.24) is 10.5 Å². The predicted octanol–water partition coefficient (Wildman–Crippen LogP) is 3.95. The first-order valence-electron chi connectivity index (χ1n) is 9.60. The van der Waals surface area contributed by atoms with Gasteiger partial charge in [0.25, 0.3) is 5.91 Å². The number of ether oxygens (including phenoxy) is 2. The molecule has 0 radical (unpaired) electrons. The number of benzene rings is 1. The Balaban J connectivity index is 1.46. The van der Waals surface area contributed by atoms with Crippen LogP contribution < -0.4 is 10.1 Å². The van der Waals surface area contributed by atoms with E-state index in [1.807, 2.05) is 32.9 Å². The van der Waals surface area contributed by atoms with Crippen LogP contribution in [0.4, 0.5) is 0 Å². The minimum Gasteiger partial charge on any atom is -0.489 e. The van der Waals surface area contributed by atoms with Gasteiger partial charge in [0.2, 0.25) is 0 Å². The summed E-state index contributed by atoms with van der Waals surface area (Å²) in [6.07, 6.45) is 4.57. The van der Waals surface area contributed by atoms with Crippen molar-refractivity contribution in [3.63, 3.8) is 0 Å². The summed E-state index contributed by atoms with van der Waals surface area (Å²) < 4.78 is 16.5. The molecular formula is C21H28N2O4. The number of nitrogens with zero attached hydrogens (tertiary/aromatic N) is 1. The Morgan fingerprint density at radius 3 is 2.74 bits per heavy atom. The van der Waals surface area contributed by atoms with Gasteiger partial charge in [-0.3, -0.25) is 4.79 Å². The van der Waals surface area contributed by atoms with E-state index >= 15 is 0 Å². The third-order valence-electron chi connectivity index (χ3n) is 5.00. The van der Waals surface area contributed by atoms with Crippen molar-refractivity contribution in [3.05, 3.63) is 46.8 Å². The summed E-state index contributed by atoms with van der Waals surface area (Å²) in [6, 6.07) is 7.31. The fraction of sp³-hybridized carbons (Fsp3) is 0.524. The maximum atomic E-state index is 12.4. The van der Waals surface area contributed by atoms with Gasteiger partial charge in [0, 0.05) is 18.2 Å². The SMILES string of the molecule is Cc1noc(C)c1COc1ccc(C(=O)NC(C)CCC2CCCO2)cc1. The second kappa shape index (κ2) is 9.04. The highest BCUT2D eigenvalue weighted by atomic mass is 16.5. The Bertz CT molecular complexity index is 729. The molecule has 2 unspecified atom stereocenters. The zero-order valence-corrected chi connectivity index (χ0v) is 16.3.